The van der Waals surface area contributed by atoms with Gasteiger partial charge in [0.25, 0.3) is 6.01 Å². The Balaban J connectivity index is 1.31. The Bertz CT molecular complexity index is 916. The third kappa shape index (κ3) is 5.67. The lowest BCUT2D eigenvalue weighted by Crippen LogP contribution is -2.36. The molecule has 170 valence electrons. The van der Waals surface area contributed by atoms with Crippen LogP contribution < -0.4 is 14.8 Å². The van der Waals surface area contributed by atoms with Crippen LogP contribution in [0.3, 0.4) is 0 Å². The van der Waals surface area contributed by atoms with E-state index in [2.05, 4.69) is 10.3 Å². The number of hydrogen-bond donors (Lipinski definition) is 1. The summed E-state index contributed by atoms with van der Waals surface area (Å²) in [5, 5.41) is 2.85. The Hall–Kier alpha value is -2.35. The standard InChI is InChI=1S/C23H34N4O4/c1-14-11-20(25-22-21(14)26-23(27(22)4)30-13-17-5-6-17)31-19-9-7-18(8-10-19)29-12-15(2)24-16(3)28/h11,15,17-19H,5-10,12-13H2,1-4H3,(H,24,28)/t15-,18-,19-/m0/s1. The number of nitrogens with one attached hydrogen (secondary N) is 1. The fraction of sp³-hybridized carbons (Fsp3) is 0.696. The number of fused-ring (bicyclic) bond motifs is 1. The van der Waals surface area contributed by atoms with Crippen LogP contribution in [0, 0.1) is 12.8 Å². The summed E-state index contributed by atoms with van der Waals surface area (Å²) < 4.78 is 20.0. The number of ether oxygens (including phenoxy) is 3. The molecular formula is C23H34N4O4. The Labute approximate surface area is 183 Å². The smallest absolute Gasteiger partial charge is 0.298 e. The van der Waals surface area contributed by atoms with Gasteiger partial charge in [-0.25, -0.2) is 0 Å². The van der Waals surface area contributed by atoms with Gasteiger partial charge in [-0.2, -0.15) is 9.97 Å². The zero-order chi connectivity index (χ0) is 22.0. The van der Waals surface area contributed by atoms with Crippen LogP contribution >= 0.6 is 0 Å². The lowest BCUT2D eigenvalue weighted by atomic mass is 9.95. The monoisotopic (exact) mass is 430 g/mol. The first-order chi connectivity index (χ1) is 14.9. The van der Waals surface area contributed by atoms with Gasteiger partial charge in [-0.1, -0.05) is 0 Å². The molecule has 2 aliphatic carbocycles. The number of aromatic nitrogens is 3. The maximum absolute atomic E-state index is 11.1. The molecule has 1 atom stereocenters. The van der Waals surface area contributed by atoms with Crippen LogP contribution in [0.1, 0.15) is 57.9 Å². The third-order valence-electron chi connectivity index (χ3n) is 6.04. The summed E-state index contributed by atoms with van der Waals surface area (Å²) in [5.74, 6) is 1.30. The molecule has 1 amide bonds. The third-order valence-corrected chi connectivity index (χ3v) is 6.04. The van der Waals surface area contributed by atoms with E-state index in [0.717, 1.165) is 49.0 Å². The molecule has 0 unspecified atom stereocenters. The molecule has 0 saturated heterocycles. The fourth-order valence-electron chi connectivity index (χ4n) is 4.08. The van der Waals surface area contributed by atoms with Gasteiger partial charge in [0, 0.05) is 26.1 Å². The van der Waals surface area contributed by atoms with Crippen molar-refractivity contribution >= 4 is 17.1 Å². The number of rotatable bonds is 9. The van der Waals surface area contributed by atoms with E-state index >= 15 is 0 Å². The maximum atomic E-state index is 11.1. The normalized spacial score (nSPS) is 22.3. The predicted octanol–water partition coefficient (Wildman–Crippen LogP) is 3.30. The number of nitrogens with zero attached hydrogens (tertiary/aromatic N) is 3. The first-order valence-electron chi connectivity index (χ1n) is 11.4. The van der Waals surface area contributed by atoms with Crippen molar-refractivity contribution in [3.05, 3.63) is 11.6 Å². The van der Waals surface area contributed by atoms with E-state index in [4.69, 9.17) is 19.2 Å². The van der Waals surface area contributed by atoms with Crippen LogP contribution in [-0.4, -0.2) is 51.9 Å². The van der Waals surface area contributed by atoms with Gasteiger partial charge in [0.1, 0.15) is 11.6 Å². The zero-order valence-electron chi connectivity index (χ0n) is 19.0. The lowest BCUT2D eigenvalue weighted by Gasteiger charge is -2.29. The molecule has 4 rings (SSSR count). The number of carbonyl (C=O) groups excluding carboxylic acids is 1. The van der Waals surface area contributed by atoms with Crippen LogP contribution in [0.2, 0.25) is 0 Å². The number of hydrogen-bond acceptors (Lipinski definition) is 6. The molecule has 8 heteroatoms. The van der Waals surface area contributed by atoms with E-state index in [1.54, 1.807) is 0 Å². The molecule has 31 heavy (non-hydrogen) atoms. The second kappa shape index (κ2) is 9.42. The minimum absolute atomic E-state index is 0.0250. The lowest BCUT2D eigenvalue weighted by molar-refractivity contribution is -0.120. The summed E-state index contributed by atoms with van der Waals surface area (Å²) in [6, 6.07) is 2.63. The van der Waals surface area contributed by atoms with Gasteiger partial charge < -0.3 is 19.5 Å². The van der Waals surface area contributed by atoms with Gasteiger partial charge in [0.05, 0.1) is 19.3 Å². The number of carbonyl (C=O) groups is 1. The minimum atomic E-state index is -0.0250. The van der Waals surface area contributed by atoms with Crippen LogP contribution in [0.15, 0.2) is 6.07 Å². The molecule has 2 aromatic heterocycles. The minimum Gasteiger partial charge on any atom is -0.474 e. The molecule has 0 bridgehead atoms. The summed E-state index contributed by atoms with van der Waals surface area (Å²) in [4.78, 5) is 20.5. The highest BCUT2D eigenvalue weighted by molar-refractivity contribution is 5.77. The predicted molar refractivity (Wildman–Crippen MR) is 117 cm³/mol. The SMILES string of the molecule is CC(=O)N[C@@H](C)CO[C@H]1CC[C@H](Oc2cc(C)c3nc(OCC4CC4)n(C)c3n2)CC1. The molecule has 2 saturated carbocycles. The average Bonchev–Trinajstić information content (AvgIpc) is 3.50. The highest BCUT2D eigenvalue weighted by Crippen LogP contribution is 2.31. The van der Waals surface area contributed by atoms with Crippen LogP contribution in [-0.2, 0) is 16.6 Å². The summed E-state index contributed by atoms with van der Waals surface area (Å²) >= 11 is 0. The van der Waals surface area contributed by atoms with Gasteiger partial charge in [-0.05, 0) is 63.9 Å². The molecule has 0 spiro atoms. The van der Waals surface area contributed by atoms with Crippen LogP contribution in [0.4, 0.5) is 0 Å². The van der Waals surface area contributed by atoms with Crippen molar-refractivity contribution in [2.24, 2.45) is 13.0 Å². The van der Waals surface area contributed by atoms with E-state index in [1.165, 1.54) is 19.8 Å². The Morgan fingerprint density at radius 3 is 2.58 bits per heavy atom. The van der Waals surface area contributed by atoms with Gasteiger partial charge in [-0.15, -0.1) is 0 Å². The van der Waals surface area contributed by atoms with Gasteiger partial charge >= 0.3 is 0 Å². The molecule has 0 aromatic carbocycles. The quantitative estimate of drug-likeness (QED) is 0.657. The highest BCUT2D eigenvalue weighted by Gasteiger charge is 2.25. The molecule has 2 fully saturated rings. The van der Waals surface area contributed by atoms with E-state index in [-0.39, 0.29) is 24.2 Å². The molecule has 0 radical (unpaired) electrons. The second-order valence-electron chi connectivity index (χ2n) is 9.11. The van der Waals surface area contributed by atoms with Crippen molar-refractivity contribution in [3.8, 4) is 11.9 Å². The average molecular weight is 431 g/mol. The zero-order valence-corrected chi connectivity index (χ0v) is 19.0. The van der Waals surface area contributed by atoms with Crippen LogP contribution in [0.5, 0.6) is 11.9 Å². The van der Waals surface area contributed by atoms with Crippen LogP contribution in [0.25, 0.3) is 11.2 Å². The molecule has 2 aliphatic rings. The van der Waals surface area contributed by atoms with Crippen molar-refractivity contribution in [2.75, 3.05) is 13.2 Å². The number of pyridine rings is 1. The van der Waals surface area contributed by atoms with E-state index < -0.39 is 0 Å². The van der Waals surface area contributed by atoms with E-state index in [1.807, 2.05) is 31.5 Å². The molecule has 0 aliphatic heterocycles. The van der Waals surface area contributed by atoms with Crippen molar-refractivity contribution in [2.45, 2.75) is 77.5 Å². The Morgan fingerprint density at radius 2 is 1.90 bits per heavy atom. The first kappa shape index (κ1) is 21.9. The first-order valence-corrected chi connectivity index (χ1v) is 11.4. The van der Waals surface area contributed by atoms with Crippen molar-refractivity contribution in [1.82, 2.24) is 19.9 Å². The van der Waals surface area contributed by atoms with Gasteiger partial charge in [0.2, 0.25) is 11.8 Å². The van der Waals surface area contributed by atoms with Crippen molar-refractivity contribution < 1.29 is 19.0 Å². The number of amides is 1. The van der Waals surface area contributed by atoms with Gasteiger partial charge in [-0.3, -0.25) is 9.36 Å². The summed E-state index contributed by atoms with van der Waals surface area (Å²) in [6.07, 6.45) is 6.61. The largest absolute Gasteiger partial charge is 0.474 e. The molecule has 2 aromatic rings. The Morgan fingerprint density at radius 1 is 1.19 bits per heavy atom. The summed E-state index contributed by atoms with van der Waals surface area (Å²) in [7, 11) is 1.94. The van der Waals surface area contributed by atoms with E-state index in [0.29, 0.717) is 24.4 Å². The van der Waals surface area contributed by atoms with Crippen molar-refractivity contribution in [3.63, 3.8) is 0 Å². The highest BCUT2D eigenvalue weighted by atomic mass is 16.5. The topological polar surface area (TPSA) is 87.5 Å². The maximum Gasteiger partial charge on any atom is 0.298 e. The molecule has 2 heterocycles. The molecular weight excluding hydrogens is 396 g/mol. The summed E-state index contributed by atoms with van der Waals surface area (Å²) in [5.41, 5.74) is 2.71. The van der Waals surface area contributed by atoms with Gasteiger partial charge in [0.15, 0.2) is 5.65 Å². The molecule has 1 N–H and O–H groups in total. The number of aryl methyl sites for hydroxylation is 2. The second-order valence-corrected chi connectivity index (χ2v) is 9.11. The Kier molecular flexibility index (Phi) is 6.65. The summed E-state index contributed by atoms with van der Waals surface area (Å²) in [6.45, 7) is 6.80. The molecule has 8 nitrogen and oxygen atoms in total. The fourth-order valence-corrected chi connectivity index (χ4v) is 4.08. The number of imidazole rings is 1. The van der Waals surface area contributed by atoms with E-state index in [9.17, 15) is 4.79 Å². The van der Waals surface area contributed by atoms with Crippen molar-refractivity contribution in [1.29, 1.82) is 0 Å².